The van der Waals surface area contributed by atoms with Crippen molar-refractivity contribution < 1.29 is 13.2 Å². The Bertz CT molecular complexity index is 656. The largest absolute Gasteiger partial charge is 0.379 e. The molecule has 130 valence electrons. The number of nitrogens with zero attached hydrogens (tertiary/aromatic N) is 2. The molecule has 23 heavy (non-hydrogen) atoms. The van der Waals surface area contributed by atoms with Crippen molar-refractivity contribution >= 4 is 27.3 Å². The van der Waals surface area contributed by atoms with E-state index in [-0.39, 0.29) is 5.54 Å². The Balaban J connectivity index is 2.04. The third kappa shape index (κ3) is 5.17. The van der Waals surface area contributed by atoms with Crippen molar-refractivity contribution in [2.24, 2.45) is 10.7 Å². The molecule has 0 amide bonds. The summed E-state index contributed by atoms with van der Waals surface area (Å²) in [5, 5.41) is 3.07. The molecule has 1 aromatic heterocycles. The van der Waals surface area contributed by atoms with Crippen LogP contribution in [0.4, 0.5) is 0 Å². The fourth-order valence-electron chi connectivity index (χ4n) is 2.08. The van der Waals surface area contributed by atoms with E-state index in [1.807, 2.05) is 20.8 Å². The fourth-order valence-corrected chi connectivity index (χ4v) is 4.93. The molecule has 1 saturated heterocycles. The van der Waals surface area contributed by atoms with Crippen molar-refractivity contribution in [1.82, 2.24) is 9.62 Å². The van der Waals surface area contributed by atoms with Crippen molar-refractivity contribution in [2.45, 2.75) is 37.1 Å². The van der Waals surface area contributed by atoms with E-state index in [9.17, 15) is 8.42 Å². The molecule has 1 aliphatic rings. The summed E-state index contributed by atoms with van der Waals surface area (Å²) in [6.07, 6.45) is 0. The van der Waals surface area contributed by atoms with Gasteiger partial charge < -0.3 is 15.8 Å². The summed E-state index contributed by atoms with van der Waals surface area (Å²) in [7, 11) is -3.43. The third-order valence-electron chi connectivity index (χ3n) is 3.11. The maximum atomic E-state index is 12.5. The number of nitrogens with one attached hydrogen (secondary N) is 1. The summed E-state index contributed by atoms with van der Waals surface area (Å²) in [5.41, 5.74) is 5.66. The Morgan fingerprint density at radius 3 is 2.65 bits per heavy atom. The minimum atomic E-state index is -3.43. The number of sulfonamides is 1. The lowest BCUT2D eigenvalue weighted by molar-refractivity contribution is 0.0731. The highest BCUT2D eigenvalue weighted by Crippen LogP contribution is 2.26. The molecule has 1 fully saturated rings. The summed E-state index contributed by atoms with van der Waals surface area (Å²) < 4.78 is 32.1. The van der Waals surface area contributed by atoms with E-state index in [1.165, 1.54) is 15.6 Å². The molecule has 7 nitrogen and oxygen atoms in total. The van der Waals surface area contributed by atoms with E-state index in [2.05, 4.69) is 10.3 Å². The molecule has 2 rings (SSSR count). The number of rotatable bonds is 4. The first-order valence-corrected chi connectivity index (χ1v) is 9.69. The minimum absolute atomic E-state index is 0.159. The topological polar surface area (TPSA) is 97.0 Å². The molecule has 0 aromatic carbocycles. The lowest BCUT2D eigenvalue weighted by Crippen LogP contribution is -2.44. The Morgan fingerprint density at radius 1 is 1.39 bits per heavy atom. The third-order valence-corrected chi connectivity index (χ3v) is 6.55. The van der Waals surface area contributed by atoms with Gasteiger partial charge in [-0.25, -0.2) is 13.4 Å². The van der Waals surface area contributed by atoms with Gasteiger partial charge >= 0.3 is 0 Å². The van der Waals surface area contributed by atoms with Crippen LogP contribution >= 0.6 is 11.3 Å². The SMILES string of the molecule is CC(C)(C)NC(N)=NCc1ccc(S(=O)(=O)N2CCOCC2)s1. The molecular weight excluding hydrogens is 336 g/mol. The Kier molecular flexibility index (Phi) is 5.66. The highest BCUT2D eigenvalue weighted by Gasteiger charge is 2.27. The van der Waals surface area contributed by atoms with Crippen molar-refractivity contribution in [2.75, 3.05) is 26.3 Å². The highest BCUT2D eigenvalue weighted by atomic mass is 32.2. The van der Waals surface area contributed by atoms with E-state index < -0.39 is 10.0 Å². The van der Waals surface area contributed by atoms with Gasteiger partial charge in [0, 0.05) is 23.5 Å². The normalized spacial score (nSPS) is 18.1. The minimum Gasteiger partial charge on any atom is -0.379 e. The Labute approximate surface area is 141 Å². The van der Waals surface area contributed by atoms with Crippen LogP contribution in [-0.4, -0.2) is 50.5 Å². The summed E-state index contributed by atoms with van der Waals surface area (Å²) in [6.45, 7) is 8.02. The van der Waals surface area contributed by atoms with Crippen LogP contribution in [-0.2, 0) is 21.3 Å². The smallest absolute Gasteiger partial charge is 0.252 e. The van der Waals surface area contributed by atoms with E-state index in [4.69, 9.17) is 10.5 Å². The molecule has 0 spiro atoms. The van der Waals surface area contributed by atoms with Crippen molar-refractivity contribution in [1.29, 1.82) is 0 Å². The monoisotopic (exact) mass is 360 g/mol. The molecule has 3 N–H and O–H groups in total. The van der Waals surface area contributed by atoms with Gasteiger partial charge in [0.05, 0.1) is 19.8 Å². The quantitative estimate of drug-likeness (QED) is 0.616. The fraction of sp³-hybridized carbons (Fsp3) is 0.643. The number of nitrogens with two attached hydrogens (primary N) is 1. The molecule has 0 atom stereocenters. The average molecular weight is 361 g/mol. The molecule has 0 saturated carbocycles. The molecular formula is C14H24N4O3S2. The number of aliphatic imine (C=N–C) groups is 1. The van der Waals surface area contributed by atoms with E-state index in [0.29, 0.717) is 43.0 Å². The van der Waals surface area contributed by atoms with Crippen molar-refractivity contribution in [3.05, 3.63) is 17.0 Å². The second-order valence-electron chi connectivity index (χ2n) is 6.31. The number of ether oxygens (including phenoxy) is 1. The van der Waals surface area contributed by atoms with Crippen LogP contribution in [0.5, 0.6) is 0 Å². The first kappa shape index (κ1) is 18.2. The molecule has 1 aromatic rings. The summed E-state index contributed by atoms with van der Waals surface area (Å²) in [4.78, 5) is 5.11. The summed E-state index contributed by atoms with van der Waals surface area (Å²) in [6, 6.07) is 3.42. The Hall–Kier alpha value is -1.16. The maximum Gasteiger partial charge on any atom is 0.252 e. The lowest BCUT2D eigenvalue weighted by atomic mass is 10.1. The van der Waals surface area contributed by atoms with Crippen LogP contribution in [0.1, 0.15) is 25.6 Å². The first-order valence-electron chi connectivity index (χ1n) is 7.43. The van der Waals surface area contributed by atoms with Crippen LogP contribution in [0.15, 0.2) is 21.3 Å². The van der Waals surface area contributed by atoms with Gasteiger partial charge in [0.25, 0.3) is 10.0 Å². The molecule has 0 bridgehead atoms. The second kappa shape index (κ2) is 7.16. The van der Waals surface area contributed by atoms with Gasteiger partial charge in [-0.15, -0.1) is 11.3 Å². The predicted molar refractivity (Wildman–Crippen MR) is 92.1 cm³/mol. The van der Waals surface area contributed by atoms with Gasteiger partial charge in [-0.1, -0.05) is 0 Å². The van der Waals surface area contributed by atoms with Gasteiger partial charge in [-0.3, -0.25) is 0 Å². The molecule has 1 aliphatic heterocycles. The Morgan fingerprint density at radius 2 is 2.04 bits per heavy atom. The highest BCUT2D eigenvalue weighted by molar-refractivity contribution is 7.91. The van der Waals surface area contributed by atoms with Crippen LogP contribution < -0.4 is 11.1 Å². The van der Waals surface area contributed by atoms with Gasteiger partial charge in [-0.05, 0) is 32.9 Å². The van der Waals surface area contributed by atoms with Crippen LogP contribution in [0.3, 0.4) is 0 Å². The first-order chi connectivity index (χ1) is 10.7. The van der Waals surface area contributed by atoms with Crippen LogP contribution in [0, 0.1) is 0 Å². The molecule has 0 aliphatic carbocycles. The molecule has 0 radical (unpaired) electrons. The second-order valence-corrected chi connectivity index (χ2v) is 9.65. The van der Waals surface area contributed by atoms with E-state index in [1.54, 1.807) is 12.1 Å². The lowest BCUT2D eigenvalue weighted by Gasteiger charge is -2.25. The summed E-state index contributed by atoms with van der Waals surface area (Å²) >= 11 is 1.23. The standard InChI is InChI=1S/C14H24N4O3S2/c1-14(2,3)17-13(15)16-10-11-4-5-12(22-11)23(19,20)18-6-8-21-9-7-18/h4-5H,6-10H2,1-3H3,(H3,15,16,17). The average Bonchev–Trinajstić information content (AvgIpc) is 2.94. The molecule has 2 heterocycles. The molecule has 0 unspecified atom stereocenters. The number of morpholine rings is 1. The van der Waals surface area contributed by atoms with Gasteiger partial charge in [0.2, 0.25) is 0 Å². The number of hydrogen-bond acceptors (Lipinski definition) is 5. The zero-order valence-corrected chi connectivity index (χ0v) is 15.3. The van der Waals surface area contributed by atoms with Gasteiger partial charge in [0.15, 0.2) is 5.96 Å². The van der Waals surface area contributed by atoms with Gasteiger partial charge in [0.1, 0.15) is 4.21 Å². The zero-order chi connectivity index (χ0) is 17.1. The van der Waals surface area contributed by atoms with Crippen molar-refractivity contribution in [3.8, 4) is 0 Å². The summed E-state index contributed by atoms with van der Waals surface area (Å²) in [5.74, 6) is 0.350. The van der Waals surface area contributed by atoms with Crippen LogP contribution in [0.2, 0.25) is 0 Å². The van der Waals surface area contributed by atoms with E-state index >= 15 is 0 Å². The van der Waals surface area contributed by atoms with Crippen molar-refractivity contribution in [3.63, 3.8) is 0 Å². The van der Waals surface area contributed by atoms with E-state index in [0.717, 1.165) is 4.88 Å². The molecule has 9 heteroatoms. The van der Waals surface area contributed by atoms with Crippen LogP contribution in [0.25, 0.3) is 0 Å². The number of guanidine groups is 1. The maximum absolute atomic E-state index is 12.5. The zero-order valence-electron chi connectivity index (χ0n) is 13.7. The number of hydrogen-bond donors (Lipinski definition) is 2. The van der Waals surface area contributed by atoms with Gasteiger partial charge in [-0.2, -0.15) is 4.31 Å². The predicted octanol–water partition coefficient (Wildman–Crippen LogP) is 0.972. The number of thiophene rings is 1.